The average molecular weight is 154 g/mol. The molecular formula is C3H6O5S. The molecule has 0 aliphatic rings. The molecule has 0 aliphatic heterocycles. The summed E-state index contributed by atoms with van der Waals surface area (Å²) < 4.78 is 27.6. The molecule has 0 rings (SSSR count). The van der Waals surface area contributed by atoms with Crippen LogP contribution in [0.2, 0.25) is 0 Å². The summed E-state index contributed by atoms with van der Waals surface area (Å²) in [6.07, 6.45) is -1.59. The number of aliphatic hydroxyl groups is 1. The van der Waals surface area contributed by atoms with E-state index < -0.39 is 22.0 Å². The Kier molecular flexibility index (Phi) is 2.75. The third-order valence-corrected chi connectivity index (χ3v) is 1.30. The lowest BCUT2D eigenvalue weighted by molar-refractivity contribution is -0.113. The van der Waals surface area contributed by atoms with Gasteiger partial charge in [-0.3, -0.25) is 4.55 Å². The van der Waals surface area contributed by atoms with E-state index in [0.29, 0.717) is 0 Å². The zero-order valence-electron chi connectivity index (χ0n) is 4.39. The van der Waals surface area contributed by atoms with Crippen molar-refractivity contribution in [3.63, 3.8) is 0 Å². The SMILES string of the molecule is O=CC(O)CS(=O)(=O)O. The fraction of sp³-hybridized carbons (Fsp3) is 0.667. The Morgan fingerprint density at radius 2 is 2.00 bits per heavy atom. The van der Waals surface area contributed by atoms with Crippen LogP contribution < -0.4 is 0 Å². The highest BCUT2D eigenvalue weighted by Crippen LogP contribution is 1.85. The van der Waals surface area contributed by atoms with Gasteiger partial charge in [0.05, 0.1) is 0 Å². The molecule has 0 radical (unpaired) electrons. The van der Waals surface area contributed by atoms with Crippen molar-refractivity contribution in [3.05, 3.63) is 0 Å². The van der Waals surface area contributed by atoms with Crippen LogP contribution >= 0.6 is 0 Å². The van der Waals surface area contributed by atoms with Crippen LogP contribution in [0.5, 0.6) is 0 Å². The summed E-state index contributed by atoms with van der Waals surface area (Å²) in [5.74, 6) is -0.934. The summed E-state index contributed by atoms with van der Waals surface area (Å²) in [5, 5.41) is 8.29. The Balaban J connectivity index is 3.89. The van der Waals surface area contributed by atoms with Gasteiger partial charge in [0.1, 0.15) is 18.1 Å². The molecule has 6 heteroatoms. The van der Waals surface area contributed by atoms with E-state index in [2.05, 4.69) is 0 Å². The van der Waals surface area contributed by atoms with Crippen molar-refractivity contribution in [2.45, 2.75) is 6.10 Å². The Bertz CT molecular complexity index is 180. The second-order valence-corrected chi connectivity index (χ2v) is 2.95. The van der Waals surface area contributed by atoms with E-state index in [0.717, 1.165) is 0 Å². The molecule has 0 saturated carbocycles. The minimum Gasteiger partial charge on any atom is -0.384 e. The molecule has 0 amide bonds. The first kappa shape index (κ1) is 8.54. The number of carbonyl (C=O) groups is 1. The Labute approximate surface area is 52.1 Å². The number of hydrogen-bond donors (Lipinski definition) is 2. The molecule has 2 N–H and O–H groups in total. The molecule has 0 spiro atoms. The van der Waals surface area contributed by atoms with Crippen molar-refractivity contribution in [1.29, 1.82) is 0 Å². The molecule has 0 aromatic rings. The predicted molar refractivity (Wildman–Crippen MR) is 28.5 cm³/mol. The van der Waals surface area contributed by atoms with E-state index in [4.69, 9.17) is 9.66 Å². The van der Waals surface area contributed by atoms with Crippen LogP contribution in [0.3, 0.4) is 0 Å². The Morgan fingerprint density at radius 3 is 2.11 bits per heavy atom. The molecule has 0 bridgehead atoms. The summed E-state index contributed by atoms with van der Waals surface area (Å²) in [7, 11) is -4.22. The number of aliphatic hydroxyl groups excluding tert-OH is 1. The van der Waals surface area contributed by atoms with Crippen molar-refractivity contribution in [3.8, 4) is 0 Å². The lowest BCUT2D eigenvalue weighted by atomic mass is 10.5. The summed E-state index contributed by atoms with van der Waals surface area (Å²) in [4.78, 5) is 9.56. The van der Waals surface area contributed by atoms with Crippen LogP contribution in [-0.2, 0) is 14.9 Å². The molecule has 1 atom stereocenters. The summed E-state index contributed by atoms with van der Waals surface area (Å²) in [6, 6.07) is 0. The predicted octanol–water partition coefficient (Wildman–Crippen LogP) is -1.57. The number of aldehydes is 1. The molecule has 0 heterocycles. The van der Waals surface area contributed by atoms with Crippen LogP contribution in [0.1, 0.15) is 0 Å². The molecule has 1 unspecified atom stereocenters. The quantitative estimate of drug-likeness (QED) is 0.378. The van der Waals surface area contributed by atoms with Gasteiger partial charge in [0.2, 0.25) is 0 Å². The Hall–Kier alpha value is -0.460. The standard InChI is InChI=1S/C3H6O5S/c4-1-3(5)2-9(6,7)8/h1,3,5H,2H2,(H,6,7,8). The highest BCUT2D eigenvalue weighted by atomic mass is 32.2. The van der Waals surface area contributed by atoms with Crippen molar-refractivity contribution in [2.75, 3.05) is 5.75 Å². The maximum atomic E-state index is 9.84. The van der Waals surface area contributed by atoms with E-state index in [9.17, 15) is 13.2 Å². The minimum absolute atomic E-state index is 0.0355. The maximum Gasteiger partial charge on any atom is 0.267 e. The zero-order chi connectivity index (χ0) is 7.49. The van der Waals surface area contributed by atoms with Gasteiger partial charge >= 0.3 is 0 Å². The summed E-state index contributed by atoms with van der Waals surface area (Å²) in [6.45, 7) is 0. The third-order valence-electron chi connectivity index (χ3n) is 0.538. The van der Waals surface area contributed by atoms with Crippen LogP contribution in [-0.4, -0.2) is 36.2 Å². The third kappa shape index (κ3) is 5.41. The molecule has 54 valence electrons. The first-order chi connectivity index (χ1) is 3.95. The highest BCUT2D eigenvalue weighted by Gasteiger charge is 2.11. The van der Waals surface area contributed by atoms with Crippen molar-refractivity contribution >= 4 is 16.4 Å². The normalized spacial score (nSPS) is 14.9. The van der Waals surface area contributed by atoms with Crippen LogP contribution in [0, 0.1) is 0 Å². The van der Waals surface area contributed by atoms with Gasteiger partial charge in [0.25, 0.3) is 10.1 Å². The van der Waals surface area contributed by atoms with E-state index in [-0.39, 0.29) is 6.29 Å². The number of carbonyl (C=O) groups excluding carboxylic acids is 1. The van der Waals surface area contributed by atoms with Gasteiger partial charge in [-0.25, -0.2) is 0 Å². The number of hydrogen-bond acceptors (Lipinski definition) is 4. The van der Waals surface area contributed by atoms with Crippen molar-refractivity contribution in [1.82, 2.24) is 0 Å². The second-order valence-electron chi connectivity index (χ2n) is 1.45. The fourth-order valence-electron chi connectivity index (χ4n) is 0.255. The molecule has 5 nitrogen and oxygen atoms in total. The van der Waals surface area contributed by atoms with Crippen LogP contribution in [0.4, 0.5) is 0 Å². The molecule has 0 aromatic carbocycles. The van der Waals surface area contributed by atoms with E-state index in [1.807, 2.05) is 0 Å². The van der Waals surface area contributed by atoms with Gasteiger partial charge in [-0.1, -0.05) is 0 Å². The van der Waals surface area contributed by atoms with E-state index >= 15 is 0 Å². The summed E-state index contributed by atoms with van der Waals surface area (Å²) >= 11 is 0. The minimum atomic E-state index is -4.22. The fourth-order valence-corrected chi connectivity index (χ4v) is 0.765. The van der Waals surface area contributed by atoms with Crippen molar-refractivity contribution < 1.29 is 22.9 Å². The summed E-state index contributed by atoms with van der Waals surface area (Å²) in [5.41, 5.74) is 0. The van der Waals surface area contributed by atoms with Crippen LogP contribution in [0.25, 0.3) is 0 Å². The molecule has 0 saturated heterocycles. The molecule has 0 aromatic heterocycles. The van der Waals surface area contributed by atoms with Gasteiger partial charge in [0, 0.05) is 0 Å². The first-order valence-electron chi connectivity index (χ1n) is 2.04. The van der Waals surface area contributed by atoms with Gasteiger partial charge in [0.15, 0.2) is 0 Å². The lowest BCUT2D eigenvalue weighted by Crippen LogP contribution is -2.20. The Morgan fingerprint density at radius 1 is 1.56 bits per heavy atom. The topological polar surface area (TPSA) is 91.7 Å². The molecule has 0 fully saturated rings. The monoisotopic (exact) mass is 154 g/mol. The molecule has 9 heavy (non-hydrogen) atoms. The smallest absolute Gasteiger partial charge is 0.267 e. The first-order valence-corrected chi connectivity index (χ1v) is 3.65. The largest absolute Gasteiger partial charge is 0.384 e. The second kappa shape index (κ2) is 2.90. The highest BCUT2D eigenvalue weighted by molar-refractivity contribution is 7.85. The lowest BCUT2D eigenvalue weighted by Gasteiger charge is -1.96. The van der Waals surface area contributed by atoms with Gasteiger partial charge in [-0.15, -0.1) is 0 Å². The van der Waals surface area contributed by atoms with E-state index in [1.165, 1.54) is 0 Å². The van der Waals surface area contributed by atoms with E-state index in [1.54, 1.807) is 0 Å². The zero-order valence-corrected chi connectivity index (χ0v) is 5.21. The van der Waals surface area contributed by atoms with Gasteiger partial charge < -0.3 is 9.90 Å². The van der Waals surface area contributed by atoms with Gasteiger partial charge in [-0.2, -0.15) is 8.42 Å². The molecular weight excluding hydrogens is 148 g/mol. The van der Waals surface area contributed by atoms with Crippen LogP contribution in [0.15, 0.2) is 0 Å². The average Bonchev–Trinajstić information content (AvgIpc) is 1.62. The number of rotatable bonds is 3. The molecule has 0 aliphatic carbocycles. The van der Waals surface area contributed by atoms with Crippen molar-refractivity contribution in [2.24, 2.45) is 0 Å². The maximum absolute atomic E-state index is 9.84. The van der Waals surface area contributed by atoms with Gasteiger partial charge in [-0.05, 0) is 0 Å².